The van der Waals surface area contributed by atoms with Gasteiger partial charge in [-0.25, -0.2) is 4.79 Å². The molecule has 2 heterocycles. The number of aryl methyl sites for hydroxylation is 1. The summed E-state index contributed by atoms with van der Waals surface area (Å²) in [6.07, 6.45) is 2.87. The van der Waals surface area contributed by atoms with Crippen molar-refractivity contribution in [1.82, 2.24) is 5.32 Å². The zero-order valence-corrected chi connectivity index (χ0v) is 14.3. The van der Waals surface area contributed by atoms with Crippen LogP contribution in [0.3, 0.4) is 0 Å². The fourth-order valence-electron chi connectivity index (χ4n) is 3.18. The summed E-state index contributed by atoms with van der Waals surface area (Å²) in [5.41, 5.74) is 2.81. The first kappa shape index (κ1) is 16.1. The van der Waals surface area contributed by atoms with Crippen LogP contribution in [0.1, 0.15) is 39.2 Å². The lowest BCUT2D eigenvalue weighted by Crippen LogP contribution is -2.39. The van der Waals surface area contributed by atoms with Gasteiger partial charge in [0, 0.05) is 24.8 Å². The summed E-state index contributed by atoms with van der Waals surface area (Å²) in [7, 11) is 0. The highest BCUT2D eigenvalue weighted by Gasteiger charge is 2.27. The van der Waals surface area contributed by atoms with Crippen LogP contribution < -0.4 is 15.5 Å². The number of anilines is 2. The Morgan fingerprint density at radius 3 is 2.91 bits per heavy atom. The summed E-state index contributed by atoms with van der Waals surface area (Å²) in [5.74, 6) is 0. The molecule has 0 bridgehead atoms. The Morgan fingerprint density at radius 2 is 2.22 bits per heavy atom. The second kappa shape index (κ2) is 6.40. The van der Waals surface area contributed by atoms with Crippen LogP contribution in [0.5, 0.6) is 0 Å². The van der Waals surface area contributed by atoms with Gasteiger partial charge in [0.2, 0.25) is 0 Å². The molecule has 0 aliphatic carbocycles. The zero-order valence-electron chi connectivity index (χ0n) is 14.3. The van der Waals surface area contributed by atoms with Crippen molar-refractivity contribution in [2.24, 2.45) is 0 Å². The van der Waals surface area contributed by atoms with E-state index in [-0.39, 0.29) is 6.09 Å². The van der Waals surface area contributed by atoms with Crippen LogP contribution in [0.2, 0.25) is 0 Å². The fraction of sp³-hybridized carbons (Fsp3) is 0.611. The molecule has 5 nitrogen and oxygen atoms in total. The van der Waals surface area contributed by atoms with E-state index in [1.807, 2.05) is 20.8 Å². The molecular weight excluding hydrogens is 290 g/mol. The summed E-state index contributed by atoms with van der Waals surface area (Å²) < 4.78 is 5.56. The van der Waals surface area contributed by atoms with Gasteiger partial charge in [-0.2, -0.15) is 0 Å². The number of benzene rings is 1. The van der Waals surface area contributed by atoms with Gasteiger partial charge in [0.05, 0.1) is 5.69 Å². The Balaban J connectivity index is 1.79. The van der Waals surface area contributed by atoms with Gasteiger partial charge in [-0.05, 0) is 64.3 Å². The molecule has 0 aromatic heterocycles. The highest BCUT2D eigenvalue weighted by atomic mass is 16.6. The smallest absolute Gasteiger partial charge is 0.414 e. The van der Waals surface area contributed by atoms with E-state index >= 15 is 0 Å². The molecule has 0 spiro atoms. The minimum Gasteiger partial charge on any atom is -0.443 e. The van der Waals surface area contributed by atoms with Gasteiger partial charge < -0.3 is 15.4 Å². The van der Waals surface area contributed by atoms with Gasteiger partial charge in [0.25, 0.3) is 0 Å². The van der Waals surface area contributed by atoms with Gasteiger partial charge in [-0.1, -0.05) is 6.07 Å². The summed E-state index contributed by atoms with van der Waals surface area (Å²) in [6.45, 7) is 8.48. The number of nitrogens with zero attached hydrogens (tertiary/aromatic N) is 1. The van der Waals surface area contributed by atoms with E-state index in [9.17, 15) is 4.79 Å². The predicted molar refractivity (Wildman–Crippen MR) is 93.2 cm³/mol. The van der Waals surface area contributed by atoms with E-state index in [2.05, 4.69) is 28.8 Å². The minimum absolute atomic E-state index is 0.252. The number of ether oxygens (including phenoxy) is 1. The number of rotatable bonds is 2. The van der Waals surface area contributed by atoms with Crippen LogP contribution in [0.25, 0.3) is 0 Å². The Hall–Kier alpha value is -1.75. The van der Waals surface area contributed by atoms with Crippen molar-refractivity contribution in [3.63, 3.8) is 0 Å². The third-order valence-corrected chi connectivity index (χ3v) is 4.25. The number of hydrogen-bond donors (Lipinski definition) is 2. The average molecular weight is 317 g/mol. The summed E-state index contributed by atoms with van der Waals surface area (Å²) in [6, 6.07) is 6.81. The Morgan fingerprint density at radius 1 is 1.39 bits per heavy atom. The molecule has 0 saturated carbocycles. The monoisotopic (exact) mass is 317 g/mol. The molecule has 1 fully saturated rings. The number of hydrogen-bond acceptors (Lipinski definition) is 4. The van der Waals surface area contributed by atoms with E-state index in [0.717, 1.165) is 50.3 Å². The molecule has 2 aliphatic heterocycles. The summed E-state index contributed by atoms with van der Waals surface area (Å²) in [4.78, 5) is 14.3. The molecule has 23 heavy (non-hydrogen) atoms. The maximum absolute atomic E-state index is 12.5. The standard InChI is InChI=1S/C18H27N3O2/c1-18(2,3)23-17(22)21-10-4-5-13-6-7-14(11-16(13)21)20-15-8-9-19-12-15/h6-7,11,15,19-20H,4-5,8-10,12H2,1-3H3. The second-order valence-corrected chi connectivity index (χ2v) is 7.41. The molecule has 126 valence electrons. The van der Waals surface area contributed by atoms with Crippen LogP contribution in [0.4, 0.5) is 16.2 Å². The Bertz CT molecular complexity index is 574. The highest BCUT2D eigenvalue weighted by Crippen LogP contribution is 2.31. The molecule has 1 saturated heterocycles. The summed E-state index contributed by atoms with van der Waals surface area (Å²) >= 11 is 0. The number of fused-ring (bicyclic) bond motifs is 1. The van der Waals surface area contributed by atoms with Crippen molar-refractivity contribution in [3.05, 3.63) is 23.8 Å². The third-order valence-electron chi connectivity index (χ3n) is 4.25. The largest absolute Gasteiger partial charge is 0.443 e. The Labute approximate surface area is 138 Å². The number of nitrogens with one attached hydrogen (secondary N) is 2. The molecule has 1 aromatic rings. The fourth-order valence-corrected chi connectivity index (χ4v) is 3.18. The molecule has 1 atom stereocenters. The van der Waals surface area contributed by atoms with Crippen molar-refractivity contribution in [2.75, 3.05) is 29.9 Å². The van der Waals surface area contributed by atoms with E-state index in [4.69, 9.17) is 4.74 Å². The van der Waals surface area contributed by atoms with E-state index in [1.54, 1.807) is 4.90 Å². The highest BCUT2D eigenvalue weighted by molar-refractivity contribution is 5.90. The molecule has 2 N–H and O–H groups in total. The second-order valence-electron chi connectivity index (χ2n) is 7.41. The predicted octanol–water partition coefficient (Wildman–Crippen LogP) is 3.15. The van der Waals surface area contributed by atoms with Gasteiger partial charge in [0.1, 0.15) is 5.60 Å². The van der Waals surface area contributed by atoms with E-state index in [0.29, 0.717) is 6.04 Å². The van der Waals surface area contributed by atoms with Crippen LogP contribution in [0.15, 0.2) is 18.2 Å². The van der Waals surface area contributed by atoms with Crippen molar-refractivity contribution >= 4 is 17.5 Å². The normalized spacial score (nSPS) is 21.0. The van der Waals surface area contributed by atoms with E-state index in [1.165, 1.54) is 5.56 Å². The zero-order chi connectivity index (χ0) is 16.4. The van der Waals surface area contributed by atoms with Gasteiger partial charge in [-0.3, -0.25) is 4.90 Å². The molecule has 1 amide bonds. The van der Waals surface area contributed by atoms with Crippen LogP contribution in [-0.2, 0) is 11.2 Å². The van der Waals surface area contributed by atoms with Gasteiger partial charge in [-0.15, -0.1) is 0 Å². The molecule has 5 heteroatoms. The quantitative estimate of drug-likeness (QED) is 0.880. The van der Waals surface area contributed by atoms with Crippen LogP contribution in [0, 0.1) is 0 Å². The molecule has 0 radical (unpaired) electrons. The molecule has 2 aliphatic rings. The van der Waals surface area contributed by atoms with Gasteiger partial charge >= 0.3 is 6.09 Å². The Kier molecular flexibility index (Phi) is 4.48. The number of amides is 1. The number of carbonyl (C=O) groups is 1. The average Bonchev–Trinajstić information content (AvgIpc) is 2.97. The maximum atomic E-state index is 12.5. The lowest BCUT2D eigenvalue weighted by molar-refractivity contribution is 0.0578. The van der Waals surface area contributed by atoms with Crippen molar-refractivity contribution in [1.29, 1.82) is 0 Å². The first-order chi connectivity index (χ1) is 10.9. The molecule has 1 aromatic carbocycles. The minimum atomic E-state index is -0.472. The third kappa shape index (κ3) is 3.96. The maximum Gasteiger partial charge on any atom is 0.414 e. The number of carbonyl (C=O) groups excluding carboxylic acids is 1. The van der Waals surface area contributed by atoms with Gasteiger partial charge in [0.15, 0.2) is 0 Å². The lowest BCUT2D eigenvalue weighted by atomic mass is 10.0. The van der Waals surface area contributed by atoms with Crippen molar-refractivity contribution in [2.45, 2.75) is 51.7 Å². The lowest BCUT2D eigenvalue weighted by Gasteiger charge is -2.32. The first-order valence-electron chi connectivity index (χ1n) is 8.53. The topological polar surface area (TPSA) is 53.6 Å². The summed E-state index contributed by atoms with van der Waals surface area (Å²) in [5, 5.41) is 6.92. The van der Waals surface area contributed by atoms with Crippen LogP contribution in [-0.4, -0.2) is 37.4 Å². The van der Waals surface area contributed by atoms with Crippen molar-refractivity contribution < 1.29 is 9.53 Å². The van der Waals surface area contributed by atoms with Crippen LogP contribution >= 0.6 is 0 Å². The first-order valence-corrected chi connectivity index (χ1v) is 8.53. The SMILES string of the molecule is CC(C)(C)OC(=O)N1CCCc2ccc(NC3CCNC3)cc21. The molecule has 1 unspecified atom stereocenters. The molecular formula is C18H27N3O2. The molecule has 3 rings (SSSR count). The van der Waals surface area contributed by atoms with E-state index < -0.39 is 5.60 Å². The van der Waals surface area contributed by atoms with Crippen molar-refractivity contribution in [3.8, 4) is 0 Å².